The summed E-state index contributed by atoms with van der Waals surface area (Å²) in [5, 5.41) is 58.9. The van der Waals surface area contributed by atoms with E-state index in [-0.39, 0.29) is 90.9 Å². The van der Waals surface area contributed by atoms with Crippen molar-refractivity contribution < 1.29 is 86.4 Å². The van der Waals surface area contributed by atoms with Gasteiger partial charge in [0.05, 0.1) is 35.3 Å². The number of carbonyl (C=O) groups excluding carboxylic acids is 8. The van der Waals surface area contributed by atoms with Gasteiger partial charge in [0, 0.05) is 46.3 Å². The van der Waals surface area contributed by atoms with Gasteiger partial charge in [-0.1, -0.05) is 146 Å². The third-order valence-corrected chi connectivity index (χ3v) is 22.9. The molecule has 0 spiro atoms. The Morgan fingerprint density at radius 3 is 1.32 bits per heavy atom. The molecule has 6 saturated carbocycles. The van der Waals surface area contributed by atoms with E-state index in [1.165, 1.54) is 32.8 Å². The predicted molar refractivity (Wildman–Crippen MR) is 451 cm³/mol. The van der Waals surface area contributed by atoms with Crippen molar-refractivity contribution in [3.63, 3.8) is 0 Å². The number of allylic oxidation sites excluding steroid dienone is 1. The fourth-order valence-corrected chi connectivity index (χ4v) is 16.6. The molecule has 8 aliphatic rings. The van der Waals surface area contributed by atoms with Crippen LogP contribution >= 0.6 is 0 Å². The van der Waals surface area contributed by atoms with Gasteiger partial charge in [-0.15, -0.1) is 0 Å². The van der Waals surface area contributed by atoms with Gasteiger partial charge in [-0.05, 0) is 215 Å². The van der Waals surface area contributed by atoms with E-state index >= 15 is 0 Å². The minimum absolute atomic E-state index is 0. The maximum absolute atomic E-state index is 13.6. The average molecular weight is 1630 g/mol. The molecule has 6 aliphatic carbocycles. The first kappa shape index (κ1) is 99.2. The fourth-order valence-electron chi connectivity index (χ4n) is 16.6. The van der Waals surface area contributed by atoms with E-state index in [1.807, 2.05) is 107 Å². The minimum atomic E-state index is -1.77. The van der Waals surface area contributed by atoms with Gasteiger partial charge >= 0.3 is 39.5 Å². The lowest BCUT2D eigenvalue weighted by atomic mass is 9.43. The van der Waals surface area contributed by atoms with Crippen molar-refractivity contribution >= 4 is 75.0 Å². The second-order valence-electron chi connectivity index (χ2n) is 35.7. The molecule has 14 atom stereocenters. The van der Waals surface area contributed by atoms with Gasteiger partial charge < -0.3 is 91.5 Å². The second kappa shape index (κ2) is 45.2. The number of rotatable bonds is 34. The molecule has 2 heterocycles. The maximum Gasteiger partial charge on any atom is 0.482 e. The number of carboxylic acids is 1. The Kier molecular flexibility index (Phi) is 38.3. The number of carboxylic acid groups (broad SMARTS) is 1. The lowest BCUT2D eigenvalue weighted by Crippen LogP contribution is -2.65. The van der Waals surface area contributed by atoms with Crippen LogP contribution < -0.4 is 48.3 Å². The molecule has 11 rings (SSSR count). The summed E-state index contributed by atoms with van der Waals surface area (Å²) in [6, 6.07) is 28.9. The number of nitrogens with two attached hydrogens (primary N) is 1. The zero-order chi connectivity index (χ0) is 86.1. The third-order valence-electron chi connectivity index (χ3n) is 22.9. The summed E-state index contributed by atoms with van der Waals surface area (Å²) >= 11 is 0. The monoisotopic (exact) mass is 1630 g/mol. The summed E-state index contributed by atoms with van der Waals surface area (Å²) in [7, 11) is -2.62. The summed E-state index contributed by atoms with van der Waals surface area (Å²) in [4.78, 5) is 107. The molecule has 2 saturated heterocycles. The molecular formula is C86H135B3N10O18. The van der Waals surface area contributed by atoms with Crippen LogP contribution in [0, 0.1) is 51.8 Å². The number of hydrogen-bond acceptors (Lipinski definition) is 19. The van der Waals surface area contributed by atoms with E-state index in [0.29, 0.717) is 107 Å². The van der Waals surface area contributed by atoms with Crippen LogP contribution in [0.4, 0.5) is 9.59 Å². The van der Waals surface area contributed by atoms with Crippen molar-refractivity contribution in [1.29, 1.82) is 5.26 Å². The predicted octanol–water partition coefficient (Wildman–Crippen LogP) is 9.53. The van der Waals surface area contributed by atoms with Crippen LogP contribution in [0.25, 0.3) is 0 Å². The molecule has 13 N–H and O–H groups in total. The molecule has 8 fully saturated rings. The summed E-state index contributed by atoms with van der Waals surface area (Å²) in [5.74, 6) is -2.28. The first-order valence-electron chi connectivity index (χ1n) is 41.2. The molecule has 31 heteroatoms. The zero-order valence-electron chi connectivity index (χ0n) is 71.4. The lowest BCUT2D eigenvalue weighted by Gasteiger charge is -2.64. The fraction of sp³-hybridized carbons (Fsp3) is 0.651. The molecule has 0 unspecified atom stereocenters. The lowest BCUT2D eigenvalue weighted by molar-refractivity contribution is -0.199. The molecular weight excluding hydrogens is 1490 g/mol. The summed E-state index contributed by atoms with van der Waals surface area (Å²) < 4.78 is 36.3. The highest BCUT2D eigenvalue weighted by atomic mass is 16.7. The number of carbonyl (C=O) groups is 9. The highest BCUT2D eigenvalue weighted by molar-refractivity contribution is 6.48. The molecule has 8 amide bonds. The largest absolute Gasteiger partial charge is 0.482 e. The zero-order valence-corrected chi connectivity index (χ0v) is 71.4. The average Bonchev–Trinajstić information content (AvgIpc) is 1.64. The molecule has 28 nitrogen and oxygen atoms in total. The molecule has 4 bridgehead atoms. The first-order valence-corrected chi connectivity index (χ1v) is 41.2. The Morgan fingerprint density at radius 2 is 0.932 bits per heavy atom. The number of alkyl carbamates (subject to hydrolysis) is 2. The van der Waals surface area contributed by atoms with Crippen LogP contribution in [0.15, 0.2) is 103 Å². The van der Waals surface area contributed by atoms with Crippen molar-refractivity contribution in [2.24, 2.45) is 46.2 Å². The minimum Gasteiger partial charge on any atom is -0.480 e. The molecule has 2 aliphatic heterocycles. The Labute approximate surface area is 695 Å². The molecule has 646 valence electrons. The Hall–Kier alpha value is -8.37. The van der Waals surface area contributed by atoms with Crippen molar-refractivity contribution in [2.75, 3.05) is 19.6 Å². The maximum atomic E-state index is 13.6. The van der Waals surface area contributed by atoms with Crippen LogP contribution in [-0.4, -0.2) is 180 Å². The SMILES string of the molecule is C.CC(=O)N[C@@H](CCCCNC(=O)C(C#N)=CC(C)C)C(=O)N[C@@H](Cc1ccccc1)B(O)O.CC(=O)N[C@@H](CCCCNC(=O)OC(C)(C)C)C(=O)N[C@@H](Cc1ccccc1)B1O[C@@H]2C[C@@H]3C[C@@H](C3(C)C)[C@]2(C)O1.CC(=O)N[C@@H](CCCCNC(=O)OC(C)(C)C)C(=O)O.CC1(C)[C@@H]2C[C@H]3OB([C@@H](N)Cc4ccccc4)O[C@@]3(C)[C@H]1C2. The highest BCUT2D eigenvalue weighted by Gasteiger charge is 2.70. The van der Waals surface area contributed by atoms with Crippen LogP contribution in [0.1, 0.15) is 225 Å². The van der Waals surface area contributed by atoms with Gasteiger partial charge in [0.2, 0.25) is 29.5 Å². The number of hydrogen-bond donors (Lipinski definition) is 12. The van der Waals surface area contributed by atoms with E-state index in [2.05, 4.69) is 108 Å². The summed E-state index contributed by atoms with van der Waals surface area (Å²) in [6.07, 6.45) is 11.5. The van der Waals surface area contributed by atoms with Crippen molar-refractivity contribution in [3.8, 4) is 6.07 Å². The molecule has 3 aromatic rings. The standard InChI is InChI=1S/C31H48BN3O6.C23H33BN4O5.C18H26BNO2.C13H24N2O5.CH4/c1-20(36)34-23(15-11-12-16-33-28(38)39-29(2,3)4)27(37)35-26(17-21-13-9-8-10-14-21)32-40-25-19-22-18-24(30(22,5)6)31(25,7)41-32;1-16(2)13-19(15-25)22(30)26-12-8-7-11-20(27-17(3)29)23(31)28-21(24(32)33)14-18-9-5-4-6-10-18;1-17(2)13-10-14(17)18(3)15(11-13)21-19(22-18)16(20)9-12-7-5-4-6-8-12;1-9(16)15-10(11(17)18)7-5-6-8-14-12(19)20-13(2,3)4;/h8-10,13-14,22-26H,11-12,15-19H2,1-7H3,(H,33,38)(H,34,36)(H,35,37);4-6,9-10,13,16,20-21,32-33H,7-8,11-12,14H2,1-3H3,(H,26,30)(H,27,29)(H,28,31);4-8,13-16H,9-11,20H2,1-3H3;10H,5-8H2,1-4H3,(H,14,19)(H,15,16)(H,17,18);1H4/t22-,23-,24-,25+,26-,31-;20-,21-;13-,14-,15+,16-,18-;10-;/m0000./s1. The number of nitriles is 1. The van der Waals surface area contributed by atoms with Gasteiger partial charge in [0.1, 0.15) is 41.0 Å². The van der Waals surface area contributed by atoms with Gasteiger partial charge in [0.25, 0.3) is 5.91 Å². The quantitative estimate of drug-likeness (QED) is 0.0114. The number of nitrogens with one attached hydrogen (secondary N) is 8. The van der Waals surface area contributed by atoms with E-state index in [4.69, 9.17) is 44.2 Å². The Bertz CT molecular complexity index is 3790. The second-order valence-corrected chi connectivity index (χ2v) is 35.7. The number of amides is 8. The van der Waals surface area contributed by atoms with Gasteiger partial charge in [0.15, 0.2) is 0 Å². The van der Waals surface area contributed by atoms with E-state index in [1.54, 1.807) is 26.8 Å². The van der Waals surface area contributed by atoms with E-state index < -0.39 is 85.4 Å². The molecule has 3 aromatic carbocycles. The molecule has 117 heavy (non-hydrogen) atoms. The third kappa shape index (κ3) is 30.7. The van der Waals surface area contributed by atoms with E-state index in [9.17, 15) is 53.2 Å². The number of unbranched alkanes of at least 4 members (excludes halogenated alkanes) is 3. The van der Waals surface area contributed by atoms with Crippen molar-refractivity contribution in [1.82, 2.24) is 42.5 Å². The van der Waals surface area contributed by atoms with E-state index in [0.717, 1.165) is 42.7 Å². The molecule has 0 aromatic heterocycles. The number of benzene rings is 3. The normalized spacial score (nSPS) is 23.0. The van der Waals surface area contributed by atoms with Gasteiger partial charge in [-0.2, -0.15) is 5.26 Å². The Morgan fingerprint density at radius 1 is 0.556 bits per heavy atom. The van der Waals surface area contributed by atoms with Crippen LogP contribution in [0.5, 0.6) is 0 Å². The summed E-state index contributed by atoms with van der Waals surface area (Å²) in [6.45, 7) is 33.5. The van der Waals surface area contributed by atoms with Crippen LogP contribution in [0.3, 0.4) is 0 Å². The van der Waals surface area contributed by atoms with Crippen molar-refractivity contribution in [2.45, 2.75) is 298 Å². The van der Waals surface area contributed by atoms with Crippen LogP contribution in [-0.2, 0) is 80.9 Å². The van der Waals surface area contributed by atoms with Crippen LogP contribution in [0.2, 0.25) is 0 Å². The highest BCUT2D eigenvalue weighted by Crippen LogP contribution is 2.67. The number of aliphatic carboxylic acids is 1. The Balaban J connectivity index is 0.000000289. The van der Waals surface area contributed by atoms with Gasteiger partial charge in [-0.25, -0.2) is 14.4 Å². The topological polar surface area (TPSA) is 416 Å². The first-order chi connectivity index (χ1) is 54.3. The smallest absolute Gasteiger partial charge is 0.480 e. The van der Waals surface area contributed by atoms with Gasteiger partial charge in [-0.3, -0.25) is 28.8 Å². The number of nitrogens with zero attached hydrogens (tertiary/aromatic N) is 1. The number of ether oxygens (including phenoxy) is 2. The summed E-state index contributed by atoms with van der Waals surface area (Å²) in [5.41, 5.74) is 8.56. The molecule has 0 radical (unpaired) electrons. The van der Waals surface area contributed by atoms with Crippen molar-refractivity contribution in [3.05, 3.63) is 119 Å².